The second-order valence-corrected chi connectivity index (χ2v) is 9.79. The third-order valence-corrected chi connectivity index (χ3v) is 6.78. The normalized spacial score (nSPS) is 11.1. The van der Waals surface area contributed by atoms with Crippen LogP contribution >= 0.6 is 0 Å². The Morgan fingerprint density at radius 2 is 1.83 bits per heavy atom. The zero-order chi connectivity index (χ0) is 34.5. The van der Waals surface area contributed by atoms with E-state index in [-0.39, 0.29) is 48.6 Å². The number of nitrogens with one attached hydrogen (secondary N) is 5. The van der Waals surface area contributed by atoms with Gasteiger partial charge in [0.1, 0.15) is 0 Å². The maximum Gasteiger partial charge on any atom is 0.290 e. The first-order valence-electron chi connectivity index (χ1n) is 14.3. The highest BCUT2D eigenvalue weighted by Crippen LogP contribution is 2.31. The fourth-order valence-electron chi connectivity index (χ4n) is 4.50. The monoisotopic (exact) mass is 654 g/mol. The van der Waals surface area contributed by atoms with Gasteiger partial charge in [-0.1, -0.05) is 6.92 Å². The largest absolute Gasteiger partial charge is 0.494 e. The van der Waals surface area contributed by atoms with E-state index < -0.39 is 17.7 Å². The number of carbonyl (C=O) groups excluding carboxylic acids is 2. The number of benzene rings is 2. The van der Waals surface area contributed by atoms with E-state index in [4.69, 9.17) is 31.5 Å². The van der Waals surface area contributed by atoms with Crippen LogP contribution in [0, 0.1) is 17.0 Å². The van der Waals surface area contributed by atoms with Gasteiger partial charge in [-0.3, -0.25) is 24.2 Å². The lowest BCUT2D eigenvalue weighted by Gasteiger charge is -2.14. The van der Waals surface area contributed by atoms with Gasteiger partial charge in [-0.25, -0.2) is 14.4 Å². The van der Waals surface area contributed by atoms with Gasteiger partial charge in [-0.2, -0.15) is 4.39 Å². The number of carboxylic acid groups (broad SMARTS) is 1. The predicted molar refractivity (Wildman–Crippen MR) is 171 cm³/mol. The van der Waals surface area contributed by atoms with Crippen LogP contribution in [0.2, 0.25) is 0 Å². The average Bonchev–Trinajstić information content (AvgIpc) is 3.49. The number of imidazole rings is 1. The standard InChI is InChI=1S/C29H34F2N10O3.CH2O2/c1-3-16-14-17(4-5-18(16)27(42)36-10-11-37-28(43)20(32)8-9-38-29(33)34)40-25-26-39-15-21(41(26)13-12-35-25)19-6-7-22(44-2)24(31)23(19)30;2-1-3/h4-7,12-15,20H,3,8-11,32H2,1-2H3,(H,35,40)(H,36,42)(H,37,43)(H4,33,34,38);1H,(H,2,3)/t20-;/m0./s1. The summed E-state index contributed by atoms with van der Waals surface area (Å²) in [6.45, 7) is 2.35. The number of aryl methyl sites for hydroxylation is 1. The highest BCUT2D eigenvalue weighted by Gasteiger charge is 2.20. The molecule has 17 heteroatoms. The summed E-state index contributed by atoms with van der Waals surface area (Å²) in [5.41, 5.74) is 13.6. The Kier molecular flexibility index (Phi) is 12.9. The van der Waals surface area contributed by atoms with Crippen LogP contribution in [0.4, 0.5) is 20.3 Å². The Hall–Kier alpha value is -5.84. The lowest BCUT2D eigenvalue weighted by Crippen LogP contribution is -2.45. The van der Waals surface area contributed by atoms with Crippen molar-refractivity contribution in [2.75, 3.05) is 32.1 Å². The zero-order valence-electron chi connectivity index (χ0n) is 25.6. The summed E-state index contributed by atoms with van der Waals surface area (Å²) in [7, 11) is 1.26. The Balaban J connectivity index is 0.00000192. The third-order valence-electron chi connectivity index (χ3n) is 6.78. The molecule has 2 amide bonds. The van der Waals surface area contributed by atoms with E-state index in [0.29, 0.717) is 47.8 Å². The second-order valence-electron chi connectivity index (χ2n) is 9.79. The number of hydrogen-bond donors (Lipinski definition) is 8. The van der Waals surface area contributed by atoms with Crippen molar-refractivity contribution >= 4 is 41.4 Å². The number of guanidine groups is 1. The topological polar surface area (TPSA) is 235 Å². The van der Waals surface area contributed by atoms with Crippen molar-refractivity contribution in [2.45, 2.75) is 25.8 Å². The maximum absolute atomic E-state index is 14.8. The quantitative estimate of drug-likeness (QED) is 0.0447. The Labute approximate surface area is 268 Å². The molecular formula is C30H36F2N10O5. The molecule has 0 spiro atoms. The summed E-state index contributed by atoms with van der Waals surface area (Å²) in [6, 6.07) is 7.21. The van der Waals surface area contributed by atoms with E-state index in [1.165, 1.54) is 31.6 Å². The molecule has 2 heterocycles. The number of ether oxygens (including phenoxy) is 1. The van der Waals surface area contributed by atoms with Crippen LogP contribution in [0.5, 0.6) is 5.75 Å². The number of anilines is 2. The zero-order valence-corrected chi connectivity index (χ0v) is 25.6. The van der Waals surface area contributed by atoms with Crippen LogP contribution in [0.15, 0.2) is 48.9 Å². The number of fused-ring (bicyclic) bond motifs is 1. The molecule has 4 rings (SSSR count). The van der Waals surface area contributed by atoms with Gasteiger partial charge < -0.3 is 42.6 Å². The van der Waals surface area contributed by atoms with E-state index in [0.717, 1.165) is 5.56 Å². The molecule has 47 heavy (non-hydrogen) atoms. The first-order valence-corrected chi connectivity index (χ1v) is 14.3. The SMILES string of the molecule is CCc1cc(Nc2nccn3c(-c4ccc(OC)c(F)c4F)cnc23)ccc1C(=O)NCCNC(=O)[C@@H](N)CCNC(=N)N.O=CO. The summed E-state index contributed by atoms with van der Waals surface area (Å²) in [4.78, 5) is 42.1. The maximum atomic E-state index is 14.8. The van der Waals surface area contributed by atoms with Gasteiger partial charge in [0.25, 0.3) is 12.4 Å². The highest BCUT2D eigenvalue weighted by molar-refractivity contribution is 5.96. The molecule has 0 saturated heterocycles. The van der Waals surface area contributed by atoms with Gasteiger partial charge in [0.05, 0.1) is 25.0 Å². The summed E-state index contributed by atoms with van der Waals surface area (Å²) in [5, 5.41) is 25.2. The van der Waals surface area contributed by atoms with Crippen molar-refractivity contribution in [3.63, 3.8) is 0 Å². The molecule has 0 aliphatic rings. The van der Waals surface area contributed by atoms with Crippen LogP contribution < -0.4 is 37.5 Å². The highest BCUT2D eigenvalue weighted by atomic mass is 19.2. The minimum atomic E-state index is -1.09. The van der Waals surface area contributed by atoms with Gasteiger partial charge in [0, 0.05) is 48.8 Å². The smallest absolute Gasteiger partial charge is 0.290 e. The lowest BCUT2D eigenvalue weighted by atomic mass is 10.0. The summed E-state index contributed by atoms with van der Waals surface area (Å²) in [5.74, 6) is -2.84. The molecule has 250 valence electrons. The number of carbonyl (C=O) groups is 3. The van der Waals surface area contributed by atoms with Crippen LogP contribution in [-0.4, -0.2) is 76.5 Å². The number of methoxy groups -OCH3 is 1. The molecule has 2 aromatic heterocycles. The van der Waals surface area contributed by atoms with E-state index in [1.807, 2.05) is 13.0 Å². The van der Waals surface area contributed by atoms with Crippen molar-refractivity contribution < 1.29 is 33.0 Å². The molecule has 0 saturated carbocycles. The number of rotatable bonds is 13. The number of nitrogens with zero attached hydrogens (tertiary/aromatic N) is 3. The van der Waals surface area contributed by atoms with Crippen molar-refractivity contribution in [1.82, 2.24) is 30.3 Å². The number of amides is 2. The summed E-state index contributed by atoms with van der Waals surface area (Å²) < 4.78 is 35.6. The van der Waals surface area contributed by atoms with Gasteiger partial charge in [-0.05, 0) is 48.7 Å². The first kappa shape index (κ1) is 35.6. The van der Waals surface area contributed by atoms with Gasteiger partial charge in [0.15, 0.2) is 29.0 Å². The van der Waals surface area contributed by atoms with Crippen molar-refractivity contribution in [2.24, 2.45) is 11.5 Å². The Morgan fingerprint density at radius 1 is 1.11 bits per heavy atom. The summed E-state index contributed by atoms with van der Waals surface area (Å²) in [6.07, 6.45) is 5.39. The summed E-state index contributed by atoms with van der Waals surface area (Å²) >= 11 is 0. The predicted octanol–water partition coefficient (Wildman–Crippen LogP) is 1.74. The molecule has 0 unspecified atom stereocenters. The number of hydrogen-bond acceptors (Lipinski definition) is 9. The van der Waals surface area contributed by atoms with Gasteiger partial charge >= 0.3 is 0 Å². The number of halogens is 2. The molecule has 0 bridgehead atoms. The Bertz CT molecular complexity index is 1730. The molecular weight excluding hydrogens is 618 g/mol. The van der Waals surface area contributed by atoms with E-state index >= 15 is 0 Å². The lowest BCUT2D eigenvalue weighted by molar-refractivity contribution is -0.123. The molecule has 15 nitrogen and oxygen atoms in total. The first-order chi connectivity index (χ1) is 22.6. The molecule has 0 aliphatic heterocycles. The second kappa shape index (κ2) is 17.0. The fraction of sp³-hybridized carbons (Fsp3) is 0.267. The van der Waals surface area contributed by atoms with E-state index in [2.05, 4.69) is 31.2 Å². The van der Waals surface area contributed by atoms with E-state index in [9.17, 15) is 18.4 Å². The number of nitrogens with two attached hydrogens (primary N) is 2. The van der Waals surface area contributed by atoms with Gasteiger partial charge in [-0.15, -0.1) is 0 Å². The minimum Gasteiger partial charge on any atom is -0.494 e. The molecule has 1 atom stereocenters. The minimum absolute atomic E-state index is 0.0148. The third kappa shape index (κ3) is 9.10. The van der Waals surface area contributed by atoms with Crippen molar-refractivity contribution in [3.05, 3.63) is 71.7 Å². The van der Waals surface area contributed by atoms with Crippen molar-refractivity contribution in [3.8, 4) is 17.0 Å². The molecule has 0 fully saturated rings. The van der Waals surface area contributed by atoms with E-state index in [1.54, 1.807) is 22.7 Å². The Morgan fingerprint density at radius 3 is 2.51 bits per heavy atom. The number of aromatic nitrogens is 3. The molecule has 2 aromatic carbocycles. The molecule has 4 aromatic rings. The fourth-order valence-corrected chi connectivity index (χ4v) is 4.50. The van der Waals surface area contributed by atoms with Crippen molar-refractivity contribution in [1.29, 1.82) is 5.41 Å². The molecule has 10 N–H and O–H groups in total. The van der Waals surface area contributed by atoms with Crippen LogP contribution in [-0.2, 0) is 16.0 Å². The average molecular weight is 655 g/mol. The molecule has 0 radical (unpaired) electrons. The van der Waals surface area contributed by atoms with Crippen LogP contribution in [0.25, 0.3) is 16.9 Å². The molecule has 0 aliphatic carbocycles. The van der Waals surface area contributed by atoms with Gasteiger partial charge in [0.2, 0.25) is 11.7 Å². The van der Waals surface area contributed by atoms with Crippen LogP contribution in [0.1, 0.15) is 29.3 Å². The van der Waals surface area contributed by atoms with Crippen LogP contribution in [0.3, 0.4) is 0 Å².